The van der Waals surface area contributed by atoms with Gasteiger partial charge in [0.1, 0.15) is 17.2 Å². The van der Waals surface area contributed by atoms with Crippen molar-refractivity contribution in [3.63, 3.8) is 0 Å². The topological polar surface area (TPSA) is 66.8 Å². The average molecular weight is 398 g/mol. The molecule has 6 nitrogen and oxygen atoms in total. The van der Waals surface area contributed by atoms with E-state index in [4.69, 9.17) is 14.2 Å². The van der Waals surface area contributed by atoms with Gasteiger partial charge in [0.15, 0.2) is 11.5 Å². The maximum Gasteiger partial charge on any atom is 0.231 e. The van der Waals surface area contributed by atoms with Crippen LogP contribution in [0.2, 0.25) is 0 Å². The predicted octanol–water partition coefficient (Wildman–Crippen LogP) is 3.83. The molecule has 7 heteroatoms. The number of methoxy groups -OCH3 is 1. The highest BCUT2D eigenvalue weighted by Gasteiger charge is 2.35. The van der Waals surface area contributed by atoms with Gasteiger partial charge < -0.3 is 19.5 Å². The molecule has 0 spiro atoms. The molecule has 5 rings (SSSR count). The molecular formula is C21H23N3O3S. The number of likely N-dealkylation sites (N-methyl/N-ethyl adjacent to an activating group) is 1. The molecule has 1 atom stereocenters. The summed E-state index contributed by atoms with van der Waals surface area (Å²) in [6.45, 7) is 1.14. The lowest BCUT2D eigenvalue weighted by atomic mass is 9.94. The smallest absolute Gasteiger partial charge is 0.231 e. The predicted molar refractivity (Wildman–Crippen MR) is 107 cm³/mol. The first-order valence-corrected chi connectivity index (χ1v) is 10.5. The Kier molecular flexibility index (Phi) is 4.33. The van der Waals surface area contributed by atoms with E-state index in [9.17, 15) is 5.26 Å². The Hall–Kier alpha value is -2.43. The van der Waals surface area contributed by atoms with Gasteiger partial charge >= 0.3 is 0 Å². The number of anilines is 1. The van der Waals surface area contributed by atoms with Crippen molar-refractivity contribution in [2.24, 2.45) is 0 Å². The average Bonchev–Trinajstić information content (AvgIpc) is 3.32. The molecule has 28 heavy (non-hydrogen) atoms. The molecule has 0 radical (unpaired) electrons. The fourth-order valence-corrected chi connectivity index (χ4v) is 5.79. The van der Waals surface area contributed by atoms with Crippen LogP contribution in [0.3, 0.4) is 0 Å². The van der Waals surface area contributed by atoms with E-state index in [1.165, 1.54) is 28.8 Å². The molecule has 1 aromatic heterocycles. The maximum atomic E-state index is 9.82. The molecule has 1 N–H and O–H groups in total. The van der Waals surface area contributed by atoms with Gasteiger partial charge in [-0.3, -0.25) is 4.90 Å². The molecule has 0 amide bonds. The highest BCUT2D eigenvalue weighted by Crippen LogP contribution is 2.50. The summed E-state index contributed by atoms with van der Waals surface area (Å²) < 4.78 is 17.1. The van der Waals surface area contributed by atoms with Crippen LogP contribution in [-0.2, 0) is 19.3 Å². The minimum absolute atomic E-state index is 0.0830. The Bertz CT molecular complexity index is 978. The molecule has 3 heterocycles. The Labute approximate surface area is 168 Å². The molecular weight excluding hydrogens is 374 g/mol. The summed E-state index contributed by atoms with van der Waals surface area (Å²) in [5.41, 5.74) is 4.35. The van der Waals surface area contributed by atoms with Crippen molar-refractivity contribution in [1.29, 1.82) is 5.26 Å². The quantitative estimate of drug-likeness (QED) is 0.849. The molecule has 2 aliphatic heterocycles. The number of hydrogen-bond donors (Lipinski definition) is 1. The third kappa shape index (κ3) is 2.63. The Morgan fingerprint density at radius 1 is 1.29 bits per heavy atom. The number of aryl methyl sites for hydroxylation is 1. The molecule has 0 fully saturated rings. The van der Waals surface area contributed by atoms with Gasteiger partial charge in [0.2, 0.25) is 12.5 Å². The Morgan fingerprint density at radius 3 is 2.96 bits per heavy atom. The normalized spacial score (nSPS) is 20.2. The maximum absolute atomic E-state index is 9.82. The van der Waals surface area contributed by atoms with E-state index in [0.29, 0.717) is 5.75 Å². The number of rotatable bonds is 3. The highest BCUT2D eigenvalue weighted by atomic mass is 32.1. The van der Waals surface area contributed by atoms with Crippen LogP contribution >= 0.6 is 11.3 Å². The van der Waals surface area contributed by atoms with Crippen LogP contribution in [-0.4, -0.2) is 32.4 Å². The zero-order valence-electron chi connectivity index (χ0n) is 16.1. The second-order valence-corrected chi connectivity index (χ2v) is 8.63. The Morgan fingerprint density at radius 2 is 2.14 bits per heavy atom. The van der Waals surface area contributed by atoms with Gasteiger partial charge in [-0.2, -0.15) is 5.26 Å². The molecule has 0 saturated carbocycles. The molecule has 1 aliphatic carbocycles. The van der Waals surface area contributed by atoms with Crippen LogP contribution in [0.4, 0.5) is 5.00 Å². The molecule has 2 aromatic rings. The van der Waals surface area contributed by atoms with Crippen molar-refractivity contribution in [3.8, 4) is 23.3 Å². The molecule has 0 bridgehead atoms. The lowest BCUT2D eigenvalue weighted by Gasteiger charge is -2.36. The van der Waals surface area contributed by atoms with Crippen LogP contribution in [0.15, 0.2) is 6.07 Å². The molecule has 0 unspecified atom stereocenters. The molecule has 146 valence electrons. The standard InChI is InChI=1S/C21H23N3O3S/c1-24-8-7-12-9-15-18(27-11-26-15)19(25-2)17(12)20(24)23-21-14(10-22)13-5-3-4-6-16(13)28-21/h9,20,23H,3-8,11H2,1-2H3/t20-/m0/s1. The van der Waals surface area contributed by atoms with E-state index in [-0.39, 0.29) is 13.0 Å². The van der Waals surface area contributed by atoms with Gasteiger partial charge in [0.05, 0.1) is 12.7 Å². The first kappa shape index (κ1) is 17.7. The minimum Gasteiger partial charge on any atom is -0.492 e. The van der Waals surface area contributed by atoms with Crippen molar-refractivity contribution in [1.82, 2.24) is 4.90 Å². The Balaban J connectivity index is 1.59. The first-order chi connectivity index (χ1) is 13.7. The van der Waals surface area contributed by atoms with Gasteiger partial charge in [-0.25, -0.2) is 0 Å². The minimum atomic E-state index is -0.0830. The number of thiophene rings is 1. The van der Waals surface area contributed by atoms with Crippen molar-refractivity contribution in [2.45, 2.75) is 38.3 Å². The second-order valence-electron chi connectivity index (χ2n) is 7.52. The summed E-state index contributed by atoms with van der Waals surface area (Å²) in [5.74, 6) is 2.16. The number of ether oxygens (including phenoxy) is 3. The van der Waals surface area contributed by atoms with Gasteiger partial charge in [0, 0.05) is 17.0 Å². The zero-order chi connectivity index (χ0) is 19.3. The third-order valence-electron chi connectivity index (χ3n) is 5.95. The number of hydrogen-bond acceptors (Lipinski definition) is 7. The van der Waals surface area contributed by atoms with Crippen LogP contribution in [0.25, 0.3) is 0 Å². The van der Waals surface area contributed by atoms with Crippen molar-refractivity contribution in [3.05, 3.63) is 33.2 Å². The van der Waals surface area contributed by atoms with Crippen LogP contribution < -0.4 is 19.5 Å². The number of fused-ring (bicyclic) bond motifs is 3. The lowest BCUT2D eigenvalue weighted by Crippen LogP contribution is -2.37. The fourth-order valence-electron chi connectivity index (χ4n) is 4.53. The van der Waals surface area contributed by atoms with Gasteiger partial charge in [-0.15, -0.1) is 11.3 Å². The van der Waals surface area contributed by atoms with Gasteiger partial charge in [0.25, 0.3) is 0 Å². The van der Waals surface area contributed by atoms with E-state index in [1.807, 2.05) is 0 Å². The number of nitriles is 1. The number of nitrogens with one attached hydrogen (secondary N) is 1. The van der Waals surface area contributed by atoms with Crippen molar-refractivity contribution in [2.75, 3.05) is 32.8 Å². The second kappa shape index (κ2) is 6.87. The number of nitrogens with zero attached hydrogens (tertiary/aromatic N) is 2. The number of benzene rings is 1. The summed E-state index contributed by atoms with van der Waals surface area (Å²) in [5, 5.41) is 14.5. The summed E-state index contributed by atoms with van der Waals surface area (Å²) in [6, 6.07) is 4.53. The molecule has 1 aromatic carbocycles. The summed E-state index contributed by atoms with van der Waals surface area (Å²) in [6.07, 6.45) is 5.30. The molecule has 0 saturated heterocycles. The summed E-state index contributed by atoms with van der Waals surface area (Å²) in [4.78, 5) is 3.63. The van der Waals surface area contributed by atoms with E-state index >= 15 is 0 Å². The van der Waals surface area contributed by atoms with Crippen molar-refractivity contribution < 1.29 is 14.2 Å². The highest BCUT2D eigenvalue weighted by molar-refractivity contribution is 7.16. The van der Waals surface area contributed by atoms with Crippen molar-refractivity contribution >= 4 is 16.3 Å². The monoisotopic (exact) mass is 397 g/mol. The van der Waals surface area contributed by atoms with E-state index in [1.54, 1.807) is 18.4 Å². The van der Waals surface area contributed by atoms with Crippen LogP contribution in [0.5, 0.6) is 17.2 Å². The van der Waals surface area contributed by atoms with E-state index in [0.717, 1.165) is 53.4 Å². The molecule has 3 aliphatic rings. The van der Waals surface area contributed by atoms with E-state index < -0.39 is 0 Å². The van der Waals surface area contributed by atoms with Crippen LogP contribution in [0.1, 0.15) is 46.1 Å². The first-order valence-electron chi connectivity index (χ1n) is 9.72. The third-order valence-corrected chi connectivity index (χ3v) is 7.17. The zero-order valence-corrected chi connectivity index (χ0v) is 16.9. The van der Waals surface area contributed by atoms with Gasteiger partial charge in [-0.05, 0) is 56.3 Å². The van der Waals surface area contributed by atoms with Crippen LogP contribution in [0, 0.1) is 11.3 Å². The fraction of sp³-hybridized carbons (Fsp3) is 0.476. The SMILES string of the molecule is COc1c2c(cc3c1[C@@H](Nc1sc4c(c1C#N)CCCC4)N(C)CC3)OCO2. The van der Waals surface area contributed by atoms with Gasteiger partial charge in [-0.1, -0.05) is 0 Å². The summed E-state index contributed by atoms with van der Waals surface area (Å²) in [7, 11) is 3.78. The summed E-state index contributed by atoms with van der Waals surface area (Å²) >= 11 is 1.74. The largest absolute Gasteiger partial charge is 0.492 e. The van der Waals surface area contributed by atoms with E-state index in [2.05, 4.69) is 29.4 Å². The lowest BCUT2D eigenvalue weighted by molar-refractivity contribution is 0.170.